The summed E-state index contributed by atoms with van der Waals surface area (Å²) in [7, 11) is 0. The summed E-state index contributed by atoms with van der Waals surface area (Å²) >= 11 is 0. The number of alkyl halides is 3. The van der Waals surface area contributed by atoms with Gasteiger partial charge in [0.2, 0.25) is 0 Å². The molecule has 0 atom stereocenters. The second-order valence-corrected chi connectivity index (χ2v) is 3.15. The number of amides is 1. The van der Waals surface area contributed by atoms with E-state index in [4.69, 9.17) is 5.73 Å². The zero-order valence-corrected chi connectivity index (χ0v) is 8.24. The van der Waals surface area contributed by atoms with Crippen LogP contribution in [0.15, 0.2) is 12.1 Å². The van der Waals surface area contributed by atoms with E-state index < -0.39 is 41.5 Å². The molecule has 0 radical (unpaired) electrons. The molecule has 8 heteroatoms. The molecule has 0 fully saturated rings. The number of nitrogens with one attached hydrogen (secondary N) is 1. The van der Waals surface area contributed by atoms with Crippen molar-refractivity contribution in [3.05, 3.63) is 29.3 Å². The van der Waals surface area contributed by atoms with Crippen LogP contribution in [0, 0.1) is 11.6 Å². The fraction of sp³-hybridized carbons (Fsp3) is 0.222. The Morgan fingerprint density at radius 1 is 1.24 bits per heavy atom. The number of nitrogens with two attached hydrogens (primary N) is 1. The van der Waals surface area contributed by atoms with Gasteiger partial charge in [-0.2, -0.15) is 13.2 Å². The summed E-state index contributed by atoms with van der Waals surface area (Å²) < 4.78 is 60.8. The lowest BCUT2D eigenvalue weighted by atomic mass is 10.1. The third-order valence-electron chi connectivity index (χ3n) is 1.79. The zero-order chi connectivity index (χ0) is 13.2. The summed E-state index contributed by atoms with van der Waals surface area (Å²) in [6, 6.07) is 0.966. The molecule has 0 aliphatic rings. The normalized spacial score (nSPS) is 11.4. The number of rotatable bonds is 2. The highest BCUT2D eigenvalue weighted by molar-refractivity contribution is 5.99. The highest BCUT2D eigenvalue weighted by Crippen LogP contribution is 2.18. The first kappa shape index (κ1) is 13.2. The van der Waals surface area contributed by atoms with Crippen molar-refractivity contribution >= 4 is 11.6 Å². The molecule has 1 aromatic rings. The topological polar surface area (TPSA) is 55.1 Å². The van der Waals surface area contributed by atoms with Crippen LogP contribution in [-0.4, -0.2) is 18.6 Å². The summed E-state index contributed by atoms with van der Waals surface area (Å²) in [6.07, 6.45) is -4.59. The third-order valence-corrected chi connectivity index (χ3v) is 1.79. The van der Waals surface area contributed by atoms with Gasteiger partial charge in [0.25, 0.3) is 5.91 Å². The molecule has 3 nitrogen and oxygen atoms in total. The first-order chi connectivity index (χ1) is 7.70. The molecule has 94 valence electrons. The van der Waals surface area contributed by atoms with Crippen molar-refractivity contribution in [3.8, 4) is 0 Å². The van der Waals surface area contributed by atoms with Crippen LogP contribution in [0.2, 0.25) is 0 Å². The summed E-state index contributed by atoms with van der Waals surface area (Å²) in [6.45, 7) is -1.58. The number of anilines is 1. The second-order valence-electron chi connectivity index (χ2n) is 3.15. The van der Waals surface area contributed by atoms with Gasteiger partial charge in [0.15, 0.2) is 11.6 Å². The Bertz CT molecular complexity index is 444. The molecular weight excluding hydrogens is 247 g/mol. The molecule has 0 aliphatic heterocycles. The van der Waals surface area contributed by atoms with Crippen LogP contribution >= 0.6 is 0 Å². The molecule has 0 spiro atoms. The monoisotopic (exact) mass is 254 g/mol. The summed E-state index contributed by atoms with van der Waals surface area (Å²) in [5.74, 6) is -3.87. The van der Waals surface area contributed by atoms with E-state index in [9.17, 15) is 26.7 Å². The lowest BCUT2D eigenvalue weighted by Crippen LogP contribution is -2.34. The number of hydrogen-bond acceptors (Lipinski definition) is 2. The average molecular weight is 254 g/mol. The minimum absolute atomic E-state index is 0.441. The fourth-order valence-electron chi connectivity index (χ4n) is 1.03. The van der Waals surface area contributed by atoms with Crippen LogP contribution in [-0.2, 0) is 0 Å². The van der Waals surface area contributed by atoms with Crippen LogP contribution in [0.25, 0.3) is 0 Å². The van der Waals surface area contributed by atoms with Gasteiger partial charge in [-0.3, -0.25) is 4.79 Å². The van der Waals surface area contributed by atoms with Crippen molar-refractivity contribution < 1.29 is 26.7 Å². The van der Waals surface area contributed by atoms with Gasteiger partial charge in [-0.1, -0.05) is 0 Å². The molecule has 0 aliphatic carbocycles. The van der Waals surface area contributed by atoms with E-state index in [0.717, 1.165) is 0 Å². The highest BCUT2D eigenvalue weighted by atomic mass is 19.4. The maximum atomic E-state index is 12.8. The molecule has 0 saturated heterocycles. The van der Waals surface area contributed by atoms with Crippen LogP contribution < -0.4 is 11.1 Å². The predicted molar refractivity (Wildman–Crippen MR) is 49.2 cm³/mol. The third kappa shape index (κ3) is 3.58. The largest absolute Gasteiger partial charge is 0.405 e. The Labute approximate surface area is 92.4 Å². The number of benzene rings is 1. The van der Waals surface area contributed by atoms with E-state index in [-0.39, 0.29) is 0 Å². The van der Waals surface area contributed by atoms with Gasteiger partial charge in [0.1, 0.15) is 6.54 Å². The molecular formula is C9H7F5N2O. The van der Waals surface area contributed by atoms with Crippen LogP contribution in [0.5, 0.6) is 0 Å². The van der Waals surface area contributed by atoms with Crippen molar-refractivity contribution in [3.63, 3.8) is 0 Å². The molecule has 0 saturated carbocycles. The van der Waals surface area contributed by atoms with Gasteiger partial charge >= 0.3 is 6.18 Å². The van der Waals surface area contributed by atoms with Gasteiger partial charge in [-0.15, -0.1) is 0 Å². The maximum Gasteiger partial charge on any atom is 0.405 e. The van der Waals surface area contributed by atoms with Crippen molar-refractivity contribution in [2.75, 3.05) is 12.3 Å². The van der Waals surface area contributed by atoms with Crippen molar-refractivity contribution in [1.29, 1.82) is 0 Å². The molecule has 0 aromatic heterocycles. The molecule has 1 aromatic carbocycles. The van der Waals surface area contributed by atoms with Gasteiger partial charge in [-0.25, -0.2) is 8.78 Å². The van der Waals surface area contributed by atoms with Crippen molar-refractivity contribution in [2.45, 2.75) is 6.18 Å². The number of carbonyl (C=O) groups excluding carboxylic acids is 1. The quantitative estimate of drug-likeness (QED) is 0.625. The second kappa shape index (κ2) is 4.56. The van der Waals surface area contributed by atoms with Gasteiger partial charge in [0, 0.05) is 11.8 Å². The first-order valence-corrected chi connectivity index (χ1v) is 4.30. The molecule has 0 heterocycles. The van der Waals surface area contributed by atoms with Crippen LogP contribution in [0.1, 0.15) is 10.4 Å². The lowest BCUT2D eigenvalue weighted by molar-refractivity contribution is -0.123. The minimum Gasteiger partial charge on any atom is -0.398 e. The van der Waals surface area contributed by atoms with Crippen molar-refractivity contribution in [1.82, 2.24) is 5.32 Å². The Hall–Kier alpha value is -1.86. The number of nitrogen functional groups attached to an aromatic ring is 1. The standard InChI is InChI=1S/C9H7F5N2O/c10-5-1-4(7(15)2-6(5)11)8(17)16-3-9(12,13)14/h1-2H,3,15H2,(H,16,17). The van der Waals surface area contributed by atoms with Crippen LogP contribution in [0.4, 0.5) is 27.6 Å². The average Bonchev–Trinajstić information content (AvgIpc) is 2.19. The van der Waals surface area contributed by atoms with Crippen LogP contribution in [0.3, 0.4) is 0 Å². The van der Waals surface area contributed by atoms with E-state index in [1.165, 1.54) is 5.32 Å². The Kier molecular flexibility index (Phi) is 3.54. The van der Waals surface area contributed by atoms with E-state index in [0.29, 0.717) is 12.1 Å². The number of halogens is 5. The van der Waals surface area contributed by atoms with E-state index in [1.807, 2.05) is 0 Å². The molecule has 1 amide bonds. The molecule has 0 unspecified atom stereocenters. The van der Waals surface area contributed by atoms with Gasteiger partial charge < -0.3 is 11.1 Å². The highest BCUT2D eigenvalue weighted by Gasteiger charge is 2.28. The van der Waals surface area contributed by atoms with E-state index >= 15 is 0 Å². The smallest absolute Gasteiger partial charge is 0.398 e. The number of carbonyl (C=O) groups is 1. The predicted octanol–water partition coefficient (Wildman–Crippen LogP) is 1.84. The molecule has 1 rings (SSSR count). The summed E-state index contributed by atoms with van der Waals surface area (Å²) in [5, 5.41) is 1.49. The Balaban J connectivity index is 2.86. The summed E-state index contributed by atoms with van der Waals surface area (Å²) in [5.41, 5.74) is 4.19. The maximum absolute atomic E-state index is 12.8. The zero-order valence-electron chi connectivity index (χ0n) is 8.24. The molecule has 17 heavy (non-hydrogen) atoms. The first-order valence-electron chi connectivity index (χ1n) is 4.30. The Morgan fingerprint density at radius 2 is 1.76 bits per heavy atom. The van der Waals surface area contributed by atoms with Gasteiger partial charge in [-0.05, 0) is 6.07 Å². The van der Waals surface area contributed by atoms with E-state index in [2.05, 4.69) is 0 Å². The lowest BCUT2D eigenvalue weighted by Gasteiger charge is -2.10. The molecule has 0 bridgehead atoms. The van der Waals surface area contributed by atoms with Crippen molar-refractivity contribution in [2.24, 2.45) is 0 Å². The molecule has 3 N–H and O–H groups in total. The number of hydrogen-bond donors (Lipinski definition) is 2. The van der Waals surface area contributed by atoms with Gasteiger partial charge in [0.05, 0.1) is 5.56 Å². The minimum atomic E-state index is -4.59. The Morgan fingerprint density at radius 3 is 2.29 bits per heavy atom. The van der Waals surface area contributed by atoms with E-state index in [1.54, 1.807) is 0 Å². The fourth-order valence-corrected chi connectivity index (χ4v) is 1.03. The SMILES string of the molecule is Nc1cc(F)c(F)cc1C(=O)NCC(F)(F)F. The summed E-state index contributed by atoms with van der Waals surface area (Å²) in [4.78, 5) is 11.2.